The Morgan fingerprint density at radius 1 is 1.12 bits per heavy atom. The fraction of sp³-hybridized carbons (Fsp3) is 0.143. The first-order valence-electron chi connectivity index (χ1n) is 5.33. The van der Waals surface area contributed by atoms with E-state index in [4.69, 9.17) is 9.84 Å². The summed E-state index contributed by atoms with van der Waals surface area (Å²) in [4.78, 5) is 0. The summed E-state index contributed by atoms with van der Waals surface area (Å²) in [5, 5.41) is 9.06. The predicted octanol–water partition coefficient (Wildman–Crippen LogP) is 4.04. The van der Waals surface area contributed by atoms with Gasteiger partial charge in [-0.15, -0.1) is 0 Å². The molecular weight excluding hydrogens is 280 g/mol. The lowest BCUT2D eigenvalue weighted by atomic mass is 10.2. The van der Waals surface area contributed by atoms with Crippen LogP contribution in [0.1, 0.15) is 11.1 Å². The molecule has 2 aromatic carbocycles. The third kappa shape index (κ3) is 3.08. The van der Waals surface area contributed by atoms with Crippen LogP contribution in [0.2, 0.25) is 0 Å². The third-order valence-corrected chi connectivity index (χ3v) is 3.16. The van der Waals surface area contributed by atoms with Gasteiger partial charge < -0.3 is 9.84 Å². The van der Waals surface area contributed by atoms with Crippen LogP contribution in [0.15, 0.2) is 46.9 Å². The number of ether oxygens (including phenoxy) is 1. The van der Waals surface area contributed by atoms with Crippen molar-refractivity contribution in [2.75, 3.05) is 0 Å². The molecule has 3 heteroatoms. The summed E-state index contributed by atoms with van der Waals surface area (Å²) in [7, 11) is 0. The molecular formula is C14H13BrO2. The second-order valence-electron chi connectivity index (χ2n) is 3.83. The van der Waals surface area contributed by atoms with Crippen molar-refractivity contribution >= 4 is 15.9 Å². The maximum atomic E-state index is 9.06. The monoisotopic (exact) mass is 292 g/mol. The number of aliphatic hydroxyl groups excluding tert-OH is 1. The Bertz CT molecular complexity index is 523. The van der Waals surface area contributed by atoms with Gasteiger partial charge in [-0.05, 0) is 42.3 Å². The largest absolute Gasteiger partial charge is 0.457 e. The van der Waals surface area contributed by atoms with E-state index >= 15 is 0 Å². The Morgan fingerprint density at radius 2 is 1.88 bits per heavy atom. The Hall–Kier alpha value is -1.32. The van der Waals surface area contributed by atoms with Crippen molar-refractivity contribution in [2.24, 2.45) is 0 Å². The Labute approximate surface area is 109 Å². The second kappa shape index (κ2) is 5.34. The van der Waals surface area contributed by atoms with Crippen molar-refractivity contribution in [1.82, 2.24) is 0 Å². The highest BCUT2D eigenvalue weighted by atomic mass is 79.9. The molecule has 0 saturated heterocycles. The topological polar surface area (TPSA) is 29.5 Å². The number of rotatable bonds is 3. The summed E-state index contributed by atoms with van der Waals surface area (Å²) < 4.78 is 6.58. The van der Waals surface area contributed by atoms with Gasteiger partial charge in [-0.3, -0.25) is 0 Å². The van der Waals surface area contributed by atoms with Gasteiger partial charge in [-0.1, -0.05) is 34.1 Å². The molecule has 0 saturated carbocycles. The van der Waals surface area contributed by atoms with Crippen LogP contribution < -0.4 is 4.74 Å². The van der Waals surface area contributed by atoms with Crippen LogP contribution >= 0.6 is 15.9 Å². The molecule has 0 amide bonds. The molecule has 0 heterocycles. The SMILES string of the molecule is Cc1cccc(Oc2ccc(CO)c(Br)c2)c1. The molecule has 0 aromatic heterocycles. The van der Waals surface area contributed by atoms with Crippen molar-refractivity contribution in [3.63, 3.8) is 0 Å². The second-order valence-corrected chi connectivity index (χ2v) is 4.68. The van der Waals surface area contributed by atoms with E-state index in [0.29, 0.717) is 0 Å². The van der Waals surface area contributed by atoms with Gasteiger partial charge in [0.1, 0.15) is 11.5 Å². The van der Waals surface area contributed by atoms with Crippen LogP contribution in [0.25, 0.3) is 0 Å². The van der Waals surface area contributed by atoms with E-state index in [2.05, 4.69) is 15.9 Å². The molecule has 2 rings (SSSR count). The molecule has 17 heavy (non-hydrogen) atoms. The van der Waals surface area contributed by atoms with E-state index in [1.165, 1.54) is 0 Å². The summed E-state index contributed by atoms with van der Waals surface area (Å²) in [6, 6.07) is 13.4. The maximum Gasteiger partial charge on any atom is 0.128 e. The van der Waals surface area contributed by atoms with Gasteiger partial charge in [0.05, 0.1) is 6.61 Å². The van der Waals surface area contributed by atoms with Crippen LogP contribution in [-0.2, 0) is 6.61 Å². The van der Waals surface area contributed by atoms with Gasteiger partial charge in [0.15, 0.2) is 0 Å². The first kappa shape index (κ1) is 12.1. The van der Waals surface area contributed by atoms with Crippen LogP contribution in [-0.4, -0.2) is 5.11 Å². The van der Waals surface area contributed by atoms with Gasteiger partial charge in [0, 0.05) is 4.47 Å². The van der Waals surface area contributed by atoms with Gasteiger partial charge in [-0.2, -0.15) is 0 Å². The van der Waals surface area contributed by atoms with E-state index < -0.39 is 0 Å². The van der Waals surface area contributed by atoms with Crippen molar-refractivity contribution in [2.45, 2.75) is 13.5 Å². The number of halogens is 1. The van der Waals surface area contributed by atoms with E-state index in [1.807, 2.05) is 49.4 Å². The molecule has 0 aliphatic rings. The number of hydrogen-bond donors (Lipinski definition) is 1. The number of aliphatic hydroxyl groups is 1. The van der Waals surface area contributed by atoms with E-state index in [9.17, 15) is 0 Å². The van der Waals surface area contributed by atoms with Crippen molar-refractivity contribution in [3.8, 4) is 11.5 Å². The molecule has 0 aliphatic carbocycles. The molecule has 88 valence electrons. The summed E-state index contributed by atoms with van der Waals surface area (Å²) >= 11 is 3.40. The predicted molar refractivity (Wildman–Crippen MR) is 71.3 cm³/mol. The molecule has 0 bridgehead atoms. The first-order valence-corrected chi connectivity index (χ1v) is 6.12. The molecule has 2 aromatic rings. The summed E-state index contributed by atoms with van der Waals surface area (Å²) in [6.45, 7) is 2.04. The van der Waals surface area contributed by atoms with Crippen molar-refractivity contribution < 1.29 is 9.84 Å². The van der Waals surface area contributed by atoms with E-state index in [0.717, 1.165) is 27.1 Å². The fourth-order valence-electron chi connectivity index (χ4n) is 1.53. The summed E-state index contributed by atoms with van der Waals surface area (Å²) in [5.74, 6) is 1.56. The van der Waals surface area contributed by atoms with Crippen molar-refractivity contribution in [3.05, 3.63) is 58.1 Å². The van der Waals surface area contributed by atoms with E-state index in [1.54, 1.807) is 0 Å². The summed E-state index contributed by atoms with van der Waals surface area (Å²) in [6.07, 6.45) is 0. The Morgan fingerprint density at radius 3 is 2.53 bits per heavy atom. The molecule has 0 atom stereocenters. The normalized spacial score (nSPS) is 10.3. The van der Waals surface area contributed by atoms with Crippen molar-refractivity contribution in [1.29, 1.82) is 0 Å². The molecule has 2 nitrogen and oxygen atoms in total. The van der Waals surface area contributed by atoms with Gasteiger partial charge in [-0.25, -0.2) is 0 Å². The van der Waals surface area contributed by atoms with E-state index in [-0.39, 0.29) is 6.61 Å². The molecule has 0 aliphatic heterocycles. The molecule has 1 N–H and O–H groups in total. The summed E-state index contributed by atoms with van der Waals surface area (Å²) in [5.41, 5.74) is 2.01. The van der Waals surface area contributed by atoms with Crippen LogP contribution in [0.3, 0.4) is 0 Å². The fourth-order valence-corrected chi connectivity index (χ4v) is 2.02. The lowest BCUT2D eigenvalue weighted by molar-refractivity contribution is 0.281. The zero-order chi connectivity index (χ0) is 12.3. The quantitative estimate of drug-likeness (QED) is 0.925. The van der Waals surface area contributed by atoms with Gasteiger partial charge in [0.2, 0.25) is 0 Å². The zero-order valence-corrected chi connectivity index (χ0v) is 11.1. The number of aryl methyl sites for hydroxylation is 1. The van der Waals surface area contributed by atoms with Gasteiger partial charge in [0.25, 0.3) is 0 Å². The third-order valence-electron chi connectivity index (χ3n) is 2.42. The number of benzene rings is 2. The minimum Gasteiger partial charge on any atom is -0.457 e. The Balaban J connectivity index is 2.22. The maximum absolute atomic E-state index is 9.06. The average molecular weight is 293 g/mol. The van der Waals surface area contributed by atoms with Crippen LogP contribution in [0.4, 0.5) is 0 Å². The highest BCUT2D eigenvalue weighted by Crippen LogP contribution is 2.27. The highest BCUT2D eigenvalue weighted by molar-refractivity contribution is 9.10. The average Bonchev–Trinajstić information content (AvgIpc) is 2.29. The Kier molecular flexibility index (Phi) is 3.82. The molecule has 0 unspecified atom stereocenters. The number of hydrogen-bond acceptors (Lipinski definition) is 2. The minimum absolute atomic E-state index is 0.0192. The van der Waals surface area contributed by atoms with Crippen LogP contribution in [0, 0.1) is 6.92 Å². The molecule has 0 radical (unpaired) electrons. The smallest absolute Gasteiger partial charge is 0.128 e. The highest BCUT2D eigenvalue weighted by Gasteiger charge is 2.02. The van der Waals surface area contributed by atoms with Crippen LogP contribution in [0.5, 0.6) is 11.5 Å². The molecule has 0 fully saturated rings. The standard InChI is InChI=1S/C14H13BrO2/c1-10-3-2-4-12(7-10)17-13-6-5-11(9-16)14(15)8-13/h2-8,16H,9H2,1H3. The minimum atomic E-state index is 0.0192. The van der Waals surface area contributed by atoms with Gasteiger partial charge >= 0.3 is 0 Å². The molecule has 0 spiro atoms. The zero-order valence-electron chi connectivity index (χ0n) is 9.48. The lowest BCUT2D eigenvalue weighted by Gasteiger charge is -2.08. The first-order chi connectivity index (χ1) is 8.19. The lowest BCUT2D eigenvalue weighted by Crippen LogP contribution is -1.88.